The Morgan fingerprint density at radius 3 is 2.56 bits per heavy atom. The predicted octanol–water partition coefficient (Wildman–Crippen LogP) is 3.99. The SMILES string of the molecule is CCCNC(CC(C)CC)C(C)c1ccccn1. The Hall–Kier alpha value is -0.890. The standard InChI is InChI=1S/C16H28N2/c1-5-10-17-16(12-13(3)6-2)14(4)15-9-7-8-11-18-15/h7-9,11,13-14,16-17H,5-6,10,12H2,1-4H3. The second kappa shape index (κ2) is 8.25. The molecule has 1 aromatic heterocycles. The molecule has 2 heteroatoms. The lowest BCUT2D eigenvalue weighted by Gasteiger charge is -2.27. The highest BCUT2D eigenvalue weighted by Crippen LogP contribution is 2.23. The number of hydrogen-bond acceptors (Lipinski definition) is 2. The number of nitrogens with zero attached hydrogens (tertiary/aromatic N) is 1. The van der Waals surface area contributed by atoms with E-state index in [1.54, 1.807) is 0 Å². The van der Waals surface area contributed by atoms with Crippen molar-refractivity contribution in [2.75, 3.05) is 6.54 Å². The zero-order valence-electron chi connectivity index (χ0n) is 12.3. The van der Waals surface area contributed by atoms with Crippen molar-refractivity contribution in [1.29, 1.82) is 0 Å². The summed E-state index contributed by atoms with van der Waals surface area (Å²) in [5, 5.41) is 3.69. The van der Waals surface area contributed by atoms with Crippen LogP contribution in [0, 0.1) is 5.92 Å². The Morgan fingerprint density at radius 1 is 1.22 bits per heavy atom. The van der Waals surface area contributed by atoms with Crippen molar-refractivity contribution in [3.8, 4) is 0 Å². The Balaban J connectivity index is 2.68. The molecular weight excluding hydrogens is 220 g/mol. The molecule has 1 N–H and O–H groups in total. The van der Waals surface area contributed by atoms with Gasteiger partial charge < -0.3 is 5.32 Å². The smallest absolute Gasteiger partial charge is 0.0447 e. The van der Waals surface area contributed by atoms with Crippen LogP contribution in [0.1, 0.15) is 58.6 Å². The van der Waals surface area contributed by atoms with E-state index >= 15 is 0 Å². The van der Waals surface area contributed by atoms with Gasteiger partial charge in [-0.05, 0) is 37.4 Å². The van der Waals surface area contributed by atoms with Crippen LogP contribution < -0.4 is 5.32 Å². The van der Waals surface area contributed by atoms with Gasteiger partial charge in [0.05, 0.1) is 0 Å². The molecule has 1 rings (SSSR count). The van der Waals surface area contributed by atoms with E-state index in [2.05, 4.69) is 50.1 Å². The lowest BCUT2D eigenvalue weighted by molar-refractivity contribution is 0.354. The van der Waals surface area contributed by atoms with Gasteiger partial charge in [0.25, 0.3) is 0 Å². The van der Waals surface area contributed by atoms with Crippen molar-refractivity contribution >= 4 is 0 Å². The summed E-state index contributed by atoms with van der Waals surface area (Å²) in [5.74, 6) is 1.25. The molecule has 0 radical (unpaired) electrons. The summed E-state index contributed by atoms with van der Waals surface area (Å²) in [7, 11) is 0. The number of nitrogens with one attached hydrogen (secondary N) is 1. The molecule has 18 heavy (non-hydrogen) atoms. The highest BCUT2D eigenvalue weighted by Gasteiger charge is 2.20. The first-order valence-corrected chi connectivity index (χ1v) is 7.33. The molecule has 0 amide bonds. The minimum atomic E-state index is 0.478. The van der Waals surface area contributed by atoms with Gasteiger partial charge in [0, 0.05) is 23.9 Å². The highest BCUT2D eigenvalue weighted by atomic mass is 14.9. The summed E-state index contributed by atoms with van der Waals surface area (Å²) in [4.78, 5) is 4.50. The molecule has 0 aliphatic carbocycles. The third kappa shape index (κ3) is 4.77. The summed E-state index contributed by atoms with van der Waals surface area (Å²) < 4.78 is 0. The Labute approximate surface area is 112 Å². The minimum absolute atomic E-state index is 0.478. The largest absolute Gasteiger partial charge is 0.313 e. The molecule has 0 saturated carbocycles. The molecule has 0 aliphatic heterocycles. The molecule has 0 spiro atoms. The Kier molecular flexibility index (Phi) is 6.96. The molecule has 1 heterocycles. The summed E-state index contributed by atoms with van der Waals surface area (Å²) in [5.41, 5.74) is 1.20. The van der Waals surface area contributed by atoms with E-state index in [0.29, 0.717) is 12.0 Å². The Bertz CT molecular complexity index is 310. The summed E-state index contributed by atoms with van der Waals surface area (Å²) in [6.45, 7) is 10.2. The molecule has 0 fully saturated rings. The summed E-state index contributed by atoms with van der Waals surface area (Å²) in [6.07, 6.45) is 5.56. The van der Waals surface area contributed by atoms with Gasteiger partial charge in [-0.1, -0.05) is 40.2 Å². The van der Waals surface area contributed by atoms with E-state index in [4.69, 9.17) is 0 Å². The number of hydrogen-bond donors (Lipinski definition) is 1. The van der Waals surface area contributed by atoms with Crippen molar-refractivity contribution in [3.63, 3.8) is 0 Å². The molecule has 2 nitrogen and oxygen atoms in total. The second-order valence-corrected chi connectivity index (χ2v) is 5.35. The van der Waals surface area contributed by atoms with E-state index in [9.17, 15) is 0 Å². The van der Waals surface area contributed by atoms with Crippen LogP contribution in [0.4, 0.5) is 0 Å². The molecule has 0 aromatic carbocycles. The maximum absolute atomic E-state index is 4.50. The first-order valence-electron chi connectivity index (χ1n) is 7.33. The molecule has 3 unspecified atom stereocenters. The van der Waals surface area contributed by atoms with Crippen LogP contribution in [-0.2, 0) is 0 Å². The van der Waals surface area contributed by atoms with Gasteiger partial charge in [0.1, 0.15) is 0 Å². The van der Waals surface area contributed by atoms with Crippen LogP contribution in [-0.4, -0.2) is 17.6 Å². The van der Waals surface area contributed by atoms with E-state index < -0.39 is 0 Å². The normalized spacial score (nSPS) is 16.2. The fourth-order valence-electron chi connectivity index (χ4n) is 2.25. The Morgan fingerprint density at radius 2 is 2.00 bits per heavy atom. The van der Waals surface area contributed by atoms with Crippen molar-refractivity contribution in [2.45, 2.75) is 58.9 Å². The lowest BCUT2D eigenvalue weighted by Crippen LogP contribution is -2.36. The third-order valence-corrected chi connectivity index (χ3v) is 3.77. The van der Waals surface area contributed by atoms with Gasteiger partial charge in [-0.15, -0.1) is 0 Å². The van der Waals surface area contributed by atoms with Crippen molar-refractivity contribution in [1.82, 2.24) is 10.3 Å². The zero-order chi connectivity index (χ0) is 13.4. The lowest BCUT2D eigenvalue weighted by atomic mass is 9.89. The first-order chi connectivity index (χ1) is 8.69. The third-order valence-electron chi connectivity index (χ3n) is 3.77. The van der Waals surface area contributed by atoms with Crippen molar-refractivity contribution in [3.05, 3.63) is 30.1 Å². The van der Waals surface area contributed by atoms with Crippen molar-refractivity contribution < 1.29 is 0 Å². The zero-order valence-corrected chi connectivity index (χ0v) is 12.3. The summed E-state index contributed by atoms with van der Waals surface area (Å²) in [6, 6.07) is 6.75. The monoisotopic (exact) mass is 248 g/mol. The predicted molar refractivity (Wildman–Crippen MR) is 78.8 cm³/mol. The van der Waals surface area contributed by atoms with Gasteiger partial charge >= 0.3 is 0 Å². The van der Waals surface area contributed by atoms with Crippen LogP contribution in [0.25, 0.3) is 0 Å². The first kappa shape index (κ1) is 15.2. The topological polar surface area (TPSA) is 24.9 Å². The van der Waals surface area contributed by atoms with Gasteiger partial charge in [0.15, 0.2) is 0 Å². The molecule has 0 saturated heterocycles. The molecular formula is C16H28N2. The fourth-order valence-corrected chi connectivity index (χ4v) is 2.25. The maximum Gasteiger partial charge on any atom is 0.0447 e. The van der Waals surface area contributed by atoms with Crippen molar-refractivity contribution in [2.24, 2.45) is 5.92 Å². The molecule has 0 aliphatic rings. The fraction of sp³-hybridized carbons (Fsp3) is 0.688. The molecule has 3 atom stereocenters. The van der Waals surface area contributed by atoms with Crippen LogP contribution in [0.5, 0.6) is 0 Å². The van der Waals surface area contributed by atoms with Crippen LogP contribution in [0.3, 0.4) is 0 Å². The van der Waals surface area contributed by atoms with Gasteiger partial charge in [0.2, 0.25) is 0 Å². The average molecular weight is 248 g/mol. The number of aromatic nitrogens is 1. The van der Waals surface area contributed by atoms with Crippen LogP contribution >= 0.6 is 0 Å². The van der Waals surface area contributed by atoms with Crippen LogP contribution in [0.15, 0.2) is 24.4 Å². The van der Waals surface area contributed by atoms with Crippen LogP contribution in [0.2, 0.25) is 0 Å². The average Bonchev–Trinajstić information content (AvgIpc) is 2.43. The van der Waals surface area contributed by atoms with E-state index in [0.717, 1.165) is 12.5 Å². The van der Waals surface area contributed by atoms with Gasteiger partial charge in [-0.25, -0.2) is 0 Å². The molecule has 102 valence electrons. The minimum Gasteiger partial charge on any atom is -0.313 e. The number of rotatable bonds is 8. The summed E-state index contributed by atoms with van der Waals surface area (Å²) >= 11 is 0. The van der Waals surface area contributed by atoms with E-state index in [-0.39, 0.29) is 0 Å². The molecule has 0 bridgehead atoms. The highest BCUT2D eigenvalue weighted by molar-refractivity contribution is 5.11. The quantitative estimate of drug-likeness (QED) is 0.752. The van der Waals surface area contributed by atoms with Gasteiger partial charge in [-0.3, -0.25) is 4.98 Å². The van der Waals surface area contributed by atoms with Gasteiger partial charge in [-0.2, -0.15) is 0 Å². The number of pyridine rings is 1. The molecule has 1 aromatic rings. The second-order valence-electron chi connectivity index (χ2n) is 5.35. The van der Waals surface area contributed by atoms with E-state index in [1.807, 2.05) is 12.3 Å². The van der Waals surface area contributed by atoms with E-state index in [1.165, 1.54) is 25.0 Å². The maximum atomic E-state index is 4.50.